The summed E-state index contributed by atoms with van der Waals surface area (Å²) < 4.78 is 11.8. The first-order chi connectivity index (χ1) is 26.4. The van der Waals surface area contributed by atoms with Crippen molar-refractivity contribution in [2.45, 2.75) is 104 Å². The molecule has 310 valence electrons. The molecular formula is C44H64N2O10. The minimum atomic E-state index is -1.85. The van der Waals surface area contributed by atoms with Crippen LogP contribution in [-0.2, 0) is 23.9 Å². The predicted octanol–water partition coefficient (Wildman–Crippen LogP) is 4.86. The zero-order valence-corrected chi connectivity index (χ0v) is 34.4. The van der Waals surface area contributed by atoms with E-state index in [9.17, 15) is 39.9 Å². The van der Waals surface area contributed by atoms with E-state index in [0.29, 0.717) is 18.5 Å². The topological polar surface area (TPSA) is 186 Å². The number of hydrogen-bond acceptors (Lipinski definition) is 10. The number of ketones is 1. The maximum atomic E-state index is 13.2. The monoisotopic (exact) mass is 780 g/mol. The minimum absolute atomic E-state index is 0.0999. The molecule has 2 rings (SSSR count). The number of piperidine rings is 1. The average Bonchev–Trinajstić information content (AvgIpc) is 3.14. The van der Waals surface area contributed by atoms with Crippen LogP contribution in [0.5, 0.6) is 0 Å². The number of likely N-dealkylation sites (tertiary alicyclic amines) is 1. The van der Waals surface area contributed by atoms with Gasteiger partial charge in [-0.3, -0.25) is 14.4 Å². The van der Waals surface area contributed by atoms with Crippen LogP contribution in [0.25, 0.3) is 0 Å². The standard InChI is InChI=1S/C44H64N2O10/c1-10-12-16-24-36-43(6,7)35(49)28-44(54,56-36)32(11-2)41(52)45-26-20-19-22-30(4)40(55-9)31(5)39(51)34(48)23-18-15-13-14-17-21-29(3)38(50)37-33(47)25-27-46(8)42(37)53/h10,12-24,31-32,34-36,39-40,48-51,54H,11,25-28H2,1-9H3,(H,45,52)/b12-10+,15-13+,17-14+,20-19+,23-18+,24-16+,29-21+,30-22+,38-37?/t31-,32+,34-,35-,36-,39-,40+,44-/m0/s1. The second-order valence-electron chi connectivity index (χ2n) is 15.0. The molecule has 2 aliphatic rings. The number of Topliss-reactive ketones (excluding diaryl/α,β-unsaturated/α-hetero) is 1. The summed E-state index contributed by atoms with van der Waals surface area (Å²) in [6.07, 6.45) is 19.8. The maximum absolute atomic E-state index is 13.2. The van der Waals surface area contributed by atoms with Crippen LogP contribution in [0.3, 0.4) is 0 Å². The lowest BCUT2D eigenvalue weighted by Gasteiger charge is -2.50. The van der Waals surface area contributed by atoms with Crippen LogP contribution in [-0.4, -0.2) is 112 Å². The average molecular weight is 781 g/mol. The normalized spacial score (nSPS) is 26.6. The summed E-state index contributed by atoms with van der Waals surface area (Å²) in [6.45, 7) is 13.1. The molecule has 8 atom stereocenters. The number of ether oxygens (including phenoxy) is 2. The van der Waals surface area contributed by atoms with Gasteiger partial charge in [-0.25, -0.2) is 0 Å². The summed E-state index contributed by atoms with van der Waals surface area (Å²) in [6, 6.07) is 0. The van der Waals surface area contributed by atoms with E-state index in [2.05, 4.69) is 5.32 Å². The lowest BCUT2D eigenvalue weighted by molar-refractivity contribution is -0.314. The number of aliphatic hydroxyl groups is 5. The number of carbonyl (C=O) groups excluding carboxylic acids is 3. The first kappa shape index (κ1) is 48.0. The number of rotatable bonds is 18. The van der Waals surface area contributed by atoms with Gasteiger partial charge in [0.15, 0.2) is 11.6 Å². The first-order valence-corrected chi connectivity index (χ1v) is 19.2. The Balaban J connectivity index is 1.96. The van der Waals surface area contributed by atoms with Crippen LogP contribution in [0.2, 0.25) is 0 Å². The van der Waals surface area contributed by atoms with Gasteiger partial charge in [0.2, 0.25) is 5.91 Å². The number of allylic oxidation sites excluding steroid dienone is 12. The fraction of sp³-hybridized carbons (Fsp3) is 0.523. The predicted molar refractivity (Wildman–Crippen MR) is 218 cm³/mol. The summed E-state index contributed by atoms with van der Waals surface area (Å²) >= 11 is 0. The number of carbonyl (C=O) groups is 3. The van der Waals surface area contributed by atoms with Gasteiger partial charge in [0.05, 0.1) is 36.4 Å². The number of methoxy groups -OCH3 is 1. The smallest absolute Gasteiger partial charge is 0.261 e. The van der Waals surface area contributed by atoms with Crippen LogP contribution in [0.1, 0.15) is 67.7 Å². The van der Waals surface area contributed by atoms with Crippen molar-refractivity contribution in [3.63, 3.8) is 0 Å². The van der Waals surface area contributed by atoms with E-state index in [4.69, 9.17) is 9.47 Å². The van der Waals surface area contributed by atoms with E-state index >= 15 is 0 Å². The van der Waals surface area contributed by atoms with Crippen LogP contribution in [0.15, 0.2) is 108 Å². The summed E-state index contributed by atoms with van der Waals surface area (Å²) in [5.41, 5.74) is 0.270. The van der Waals surface area contributed by atoms with Crippen LogP contribution in [0, 0.1) is 17.3 Å². The zero-order valence-electron chi connectivity index (χ0n) is 34.4. The molecule has 0 aromatic carbocycles. The van der Waals surface area contributed by atoms with Crippen molar-refractivity contribution in [1.82, 2.24) is 10.2 Å². The van der Waals surface area contributed by atoms with Gasteiger partial charge in [-0.05, 0) is 38.3 Å². The highest BCUT2D eigenvalue weighted by Gasteiger charge is 2.54. The molecule has 2 saturated heterocycles. The third kappa shape index (κ3) is 12.9. The number of likely N-dealkylation sites (N-methyl/N-ethyl adjacent to an activating group) is 1. The largest absolute Gasteiger partial charge is 0.507 e. The molecular weight excluding hydrogens is 716 g/mol. The Morgan fingerprint density at radius 1 is 1.05 bits per heavy atom. The van der Waals surface area contributed by atoms with Crippen molar-refractivity contribution in [3.05, 3.63) is 108 Å². The molecule has 2 fully saturated rings. The Morgan fingerprint density at radius 3 is 2.36 bits per heavy atom. The van der Waals surface area contributed by atoms with Gasteiger partial charge in [0, 0.05) is 51.4 Å². The minimum Gasteiger partial charge on any atom is -0.507 e. The highest BCUT2D eigenvalue weighted by Crippen LogP contribution is 2.44. The molecule has 0 aromatic rings. The molecule has 0 bridgehead atoms. The van der Waals surface area contributed by atoms with Gasteiger partial charge in [-0.2, -0.15) is 0 Å². The number of hydrogen-bond donors (Lipinski definition) is 6. The van der Waals surface area contributed by atoms with Crippen LogP contribution < -0.4 is 5.32 Å². The van der Waals surface area contributed by atoms with E-state index in [1.54, 1.807) is 94.7 Å². The first-order valence-electron chi connectivity index (χ1n) is 19.2. The van der Waals surface area contributed by atoms with E-state index in [-0.39, 0.29) is 36.5 Å². The van der Waals surface area contributed by atoms with Crippen LogP contribution in [0.4, 0.5) is 0 Å². The molecule has 2 heterocycles. The number of nitrogens with one attached hydrogen (secondary N) is 1. The lowest BCUT2D eigenvalue weighted by Crippen LogP contribution is -2.60. The van der Waals surface area contributed by atoms with Gasteiger partial charge in [-0.1, -0.05) is 113 Å². The molecule has 12 nitrogen and oxygen atoms in total. The Morgan fingerprint density at radius 2 is 1.71 bits per heavy atom. The lowest BCUT2D eigenvalue weighted by atomic mass is 9.72. The summed E-state index contributed by atoms with van der Waals surface area (Å²) in [4.78, 5) is 39.1. The third-order valence-electron chi connectivity index (χ3n) is 10.4. The molecule has 0 radical (unpaired) electrons. The summed E-state index contributed by atoms with van der Waals surface area (Å²) in [5, 5.41) is 57.3. The van der Waals surface area contributed by atoms with Crippen molar-refractivity contribution in [2.24, 2.45) is 17.3 Å². The molecule has 6 N–H and O–H groups in total. The molecule has 56 heavy (non-hydrogen) atoms. The zero-order chi connectivity index (χ0) is 42.2. The van der Waals surface area contributed by atoms with E-state index in [1.165, 1.54) is 18.1 Å². The summed E-state index contributed by atoms with van der Waals surface area (Å²) in [5.74, 6) is -4.89. The number of amides is 2. The van der Waals surface area contributed by atoms with Gasteiger partial charge >= 0.3 is 0 Å². The van der Waals surface area contributed by atoms with Crippen molar-refractivity contribution < 1.29 is 49.4 Å². The fourth-order valence-corrected chi connectivity index (χ4v) is 6.62. The Hall–Kier alpha value is -4.17. The molecule has 0 unspecified atom stereocenters. The van der Waals surface area contributed by atoms with Crippen LogP contribution >= 0.6 is 0 Å². The molecule has 2 aliphatic heterocycles. The molecule has 0 spiro atoms. The van der Waals surface area contributed by atoms with Gasteiger partial charge < -0.3 is 45.2 Å². The highest BCUT2D eigenvalue weighted by atomic mass is 16.6. The second-order valence-corrected chi connectivity index (χ2v) is 15.0. The van der Waals surface area contributed by atoms with Crippen molar-refractivity contribution in [1.29, 1.82) is 0 Å². The van der Waals surface area contributed by atoms with E-state index in [1.807, 2.05) is 39.8 Å². The maximum Gasteiger partial charge on any atom is 0.261 e. The second kappa shape index (κ2) is 22.5. The fourth-order valence-electron chi connectivity index (χ4n) is 6.62. The van der Waals surface area contributed by atoms with Gasteiger partial charge in [-0.15, -0.1) is 0 Å². The third-order valence-corrected chi connectivity index (χ3v) is 10.4. The number of nitrogens with zero attached hydrogens (tertiary/aromatic N) is 1. The van der Waals surface area contributed by atoms with Crippen molar-refractivity contribution in [2.75, 3.05) is 27.2 Å². The van der Waals surface area contributed by atoms with Crippen molar-refractivity contribution in [3.8, 4) is 0 Å². The Kier molecular flexibility index (Phi) is 19.3. The molecule has 0 aliphatic carbocycles. The van der Waals surface area contributed by atoms with E-state index in [0.717, 1.165) is 5.57 Å². The van der Waals surface area contributed by atoms with E-state index < -0.39 is 65.4 Å². The summed E-state index contributed by atoms with van der Waals surface area (Å²) in [7, 11) is 3.10. The molecule has 2 amide bonds. The van der Waals surface area contributed by atoms with Crippen molar-refractivity contribution >= 4 is 17.6 Å². The quantitative estimate of drug-likeness (QED) is 0.0486. The molecule has 0 aromatic heterocycles. The molecule has 12 heteroatoms. The Bertz CT molecular complexity index is 1630. The van der Waals surface area contributed by atoms with Gasteiger partial charge in [0.1, 0.15) is 11.3 Å². The number of aliphatic hydroxyl groups excluding tert-OH is 4. The highest BCUT2D eigenvalue weighted by molar-refractivity contribution is 6.21. The SMILES string of the molecule is C/C=C/C=C/[C@@H]1O[C@](O)([C@H](CC)C(=O)NC/C=C/C=C(\C)[C@@H](OC)[C@@H](C)[C@H](O)[C@@H](O)/C=C/C=C/C=C/C=C(\C)C(O)=C2C(=O)CCN(C)C2=O)C[C@H](O)C1(C)C. The Labute approximate surface area is 332 Å². The molecule has 0 saturated carbocycles. The van der Waals surface area contributed by atoms with Gasteiger partial charge in [0.25, 0.3) is 5.91 Å².